The van der Waals surface area contributed by atoms with E-state index in [1.807, 2.05) is 0 Å². The lowest BCUT2D eigenvalue weighted by Crippen LogP contribution is -2.23. The summed E-state index contributed by atoms with van der Waals surface area (Å²) in [5.41, 5.74) is 11.3. The summed E-state index contributed by atoms with van der Waals surface area (Å²) in [6.45, 7) is -1.06. The van der Waals surface area contributed by atoms with Gasteiger partial charge in [0.05, 0.1) is 5.56 Å². The lowest BCUT2D eigenvalue weighted by Gasteiger charge is -2.17. The van der Waals surface area contributed by atoms with Crippen molar-refractivity contribution in [3.05, 3.63) is 59.7 Å². The molecule has 4 N–H and O–H groups in total. The van der Waals surface area contributed by atoms with Crippen LogP contribution in [0.1, 0.15) is 15.9 Å². The van der Waals surface area contributed by atoms with Crippen LogP contribution >= 0.6 is 0 Å². The zero-order chi connectivity index (χ0) is 15.5. The smallest absolute Gasteiger partial charge is 0.340 e. The Hall–Kier alpha value is -2.63. The van der Waals surface area contributed by atoms with E-state index in [2.05, 4.69) is 4.74 Å². The zero-order valence-corrected chi connectivity index (χ0v) is 11.1. The number of halogens is 2. The predicted octanol–water partition coefficient (Wildman–Crippen LogP) is 2.80. The third kappa shape index (κ3) is 3.47. The molecule has 0 spiro atoms. The van der Waals surface area contributed by atoms with Gasteiger partial charge in [0.2, 0.25) is 0 Å². The third-order valence-electron chi connectivity index (χ3n) is 2.88. The van der Waals surface area contributed by atoms with Crippen LogP contribution in [0.15, 0.2) is 48.5 Å². The second kappa shape index (κ2) is 5.78. The number of hydrogen-bond acceptors (Lipinski definition) is 4. The first-order valence-electron chi connectivity index (χ1n) is 6.15. The zero-order valence-electron chi connectivity index (χ0n) is 11.1. The highest BCUT2D eigenvalue weighted by atomic mass is 19.3. The first-order chi connectivity index (χ1) is 9.90. The van der Waals surface area contributed by atoms with Crippen molar-refractivity contribution in [3.63, 3.8) is 0 Å². The van der Waals surface area contributed by atoms with Crippen LogP contribution in [0.25, 0.3) is 0 Å². The summed E-state index contributed by atoms with van der Waals surface area (Å²) in [6, 6.07) is 11.3. The standard InChI is InChI=1S/C15H14F2N2O2/c16-15(17,10-4-2-1-3-5-10)9-21-14(20)12-7-6-11(18)8-13(12)19/h1-8H,9,18-19H2. The minimum absolute atomic E-state index is 0.00746. The van der Waals surface area contributed by atoms with Crippen molar-refractivity contribution in [1.82, 2.24) is 0 Å². The summed E-state index contributed by atoms with van der Waals surface area (Å²) in [7, 11) is 0. The fourth-order valence-electron chi connectivity index (χ4n) is 1.77. The molecule has 4 nitrogen and oxygen atoms in total. The van der Waals surface area contributed by atoms with Crippen LogP contribution in [0.5, 0.6) is 0 Å². The normalized spacial score (nSPS) is 11.1. The molecule has 0 heterocycles. The first-order valence-corrected chi connectivity index (χ1v) is 6.15. The fraction of sp³-hybridized carbons (Fsp3) is 0.133. The molecule has 0 saturated heterocycles. The maximum absolute atomic E-state index is 13.9. The maximum atomic E-state index is 13.9. The van der Waals surface area contributed by atoms with E-state index in [4.69, 9.17) is 11.5 Å². The Morgan fingerprint density at radius 3 is 2.38 bits per heavy atom. The number of ether oxygens (including phenoxy) is 1. The van der Waals surface area contributed by atoms with Gasteiger partial charge in [-0.3, -0.25) is 0 Å². The molecule has 0 amide bonds. The minimum atomic E-state index is -3.26. The lowest BCUT2D eigenvalue weighted by molar-refractivity contribution is -0.0661. The summed E-state index contributed by atoms with van der Waals surface area (Å²) in [4.78, 5) is 11.8. The highest BCUT2D eigenvalue weighted by molar-refractivity contribution is 5.95. The van der Waals surface area contributed by atoms with Crippen LogP contribution in [0.4, 0.5) is 20.2 Å². The molecule has 21 heavy (non-hydrogen) atoms. The van der Waals surface area contributed by atoms with E-state index in [0.29, 0.717) is 5.69 Å². The van der Waals surface area contributed by atoms with Crippen LogP contribution in [0.3, 0.4) is 0 Å². The molecule has 0 aliphatic carbocycles. The van der Waals surface area contributed by atoms with Crippen molar-refractivity contribution < 1.29 is 18.3 Å². The van der Waals surface area contributed by atoms with Crippen molar-refractivity contribution in [2.45, 2.75) is 5.92 Å². The van der Waals surface area contributed by atoms with E-state index in [0.717, 1.165) is 0 Å². The van der Waals surface area contributed by atoms with E-state index in [9.17, 15) is 13.6 Å². The van der Waals surface area contributed by atoms with Gasteiger partial charge in [-0.15, -0.1) is 0 Å². The van der Waals surface area contributed by atoms with Crippen molar-refractivity contribution in [2.24, 2.45) is 0 Å². The molecule has 2 rings (SSSR count). The van der Waals surface area contributed by atoms with E-state index >= 15 is 0 Å². The van der Waals surface area contributed by atoms with Crippen LogP contribution in [-0.2, 0) is 10.7 Å². The number of anilines is 2. The number of carbonyl (C=O) groups excluding carboxylic acids is 1. The Kier molecular flexibility index (Phi) is 4.07. The van der Waals surface area contributed by atoms with Gasteiger partial charge < -0.3 is 16.2 Å². The maximum Gasteiger partial charge on any atom is 0.340 e. The quantitative estimate of drug-likeness (QED) is 0.671. The van der Waals surface area contributed by atoms with Gasteiger partial charge in [-0.05, 0) is 18.2 Å². The Labute approximate surface area is 120 Å². The average molecular weight is 292 g/mol. The molecule has 0 aliphatic heterocycles. The van der Waals surface area contributed by atoms with Crippen molar-refractivity contribution >= 4 is 17.3 Å². The number of alkyl halides is 2. The molecule has 110 valence electrons. The van der Waals surface area contributed by atoms with Crippen molar-refractivity contribution in [1.29, 1.82) is 0 Å². The molecule has 0 radical (unpaired) electrons. The number of nitrogens with two attached hydrogens (primary N) is 2. The molecule has 0 aliphatic rings. The van der Waals surface area contributed by atoms with E-state index in [1.54, 1.807) is 6.07 Å². The second-order valence-corrected chi connectivity index (χ2v) is 4.49. The summed E-state index contributed by atoms with van der Waals surface area (Å²) in [5.74, 6) is -4.18. The number of benzene rings is 2. The molecular formula is C15H14F2N2O2. The van der Waals surface area contributed by atoms with Gasteiger partial charge in [0.15, 0.2) is 6.61 Å². The summed E-state index contributed by atoms with van der Waals surface area (Å²) in [5, 5.41) is 0. The molecule has 2 aromatic carbocycles. The van der Waals surface area contributed by atoms with E-state index in [1.165, 1.54) is 42.5 Å². The molecule has 0 bridgehead atoms. The topological polar surface area (TPSA) is 78.3 Å². The van der Waals surface area contributed by atoms with E-state index in [-0.39, 0.29) is 16.8 Å². The summed E-state index contributed by atoms with van der Waals surface area (Å²) < 4.78 is 32.4. The Balaban J connectivity index is 2.07. The highest BCUT2D eigenvalue weighted by Gasteiger charge is 2.33. The minimum Gasteiger partial charge on any atom is -0.455 e. The lowest BCUT2D eigenvalue weighted by atomic mass is 10.1. The van der Waals surface area contributed by atoms with Crippen molar-refractivity contribution in [2.75, 3.05) is 18.1 Å². The van der Waals surface area contributed by atoms with E-state index < -0.39 is 18.5 Å². The molecule has 0 aromatic heterocycles. The van der Waals surface area contributed by atoms with Crippen LogP contribution < -0.4 is 11.5 Å². The molecule has 0 atom stereocenters. The highest BCUT2D eigenvalue weighted by Crippen LogP contribution is 2.28. The van der Waals surface area contributed by atoms with Gasteiger partial charge in [0.25, 0.3) is 0 Å². The predicted molar refractivity (Wildman–Crippen MR) is 75.9 cm³/mol. The number of rotatable bonds is 4. The first kappa shape index (κ1) is 14.8. The Morgan fingerprint density at radius 1 is 1.10 bits per heavy atom. The van der Waals surface area contributed by atoms with Gasteiger partial charge in [-0.2, -0.15) is 8.78 Å². The van der Waals surface area contributed by atoms with Gasteiger partial charge in [0.1, 0.15) is 0 Å². The summed E-state index contributed by atoms with van der Waals surface area (Å²) >= 11 is 0. The van der Waals surface area contributed by atoms with Gasteiger partial charge in [0, 0.05) is 16.9 Å². The largest absolute Gasteiger partial charge is 0.455 e. The van der Waals surface area contributed by atoms with Crippen LogP contribution in [-0.4, -0.2) is 12.6 Å². The fourth-order valence-corrected chi connectivity index (χ4v) is 1.77. The Morgan fingerprint density at radius 2 is 1.76 bits per heavy atom. The molecule has 2 aromatic rings. The molecule has 6 heteroatoms. The van der Waals surface area contributed by atoms with Gasteiger partial charge in [-0.25, -0.2) is 4.79 Å². The third-order valence-corrected chi connectivity index (χ3v) is 2.88. The molecule has 0 unspecified atom stereocenters. The van der Waals surface area contributed by atoms with Crippen LogP contribution in [0.2, 0.25) is 0 Å². The van der Waals surface area contributed by atoms with Gasteiger partial charge >= 0.3 is 11.9 Å². The number of nitrogen functional groups attached to an aromatic ring is 2. The second-order valence-electron chi connectivity index (χ2n) is 4.49. The molecular weight excluding hydrogens is 278 g/mol. The monoisotopic (exact) mass is 292 g/mol. The Bertz CT molecular complexity index is 645. The van der Waals surface area contributed by atoms with Crippen molar-refractivity contribution in [3.8, 4) is 0 Å². The number of carbonyl (C=O) groups is 1. The number of hydrogen-bond donors (Lipinski definition) is 2. The average Bonchev–Trinajstić information content (AvgIpc) is 2.46. The molecule has 0 saturated carbocycles. The SMILES string of the molecule is Nc1ccc(C(=O)OCC(F)(F)c2ccccc2)c(N)c1. The van der Waals surface area contributed by atoms with Crippen LogP contribution in [0, 0.1) is 0 Å². The number of esters is 1. The molecule has 0 fully saturated rings. The summed E-state index contributed by atoms with van der Waals surface area (Å²) in [6.07, 6.45) is 0. The van der Waals surface area contributed by atoms with Gasteiger partial charge in [-0.1, -0.05) is 30.3 Å².